The minimum absolute atomic E-state index is 0.660. The van der Waals surface area contributed by atoms with E-state index < -0.39 is 0 Å². The van der Waals surface area contributed by atoms with Crippen LogP contribution >= 0.6 is 15.9 Å². The molecule has 0 aromatic rings. The van der Waals surface area contributed by atoms with Crippen molar-refractivity contribution in [2.24, 2.45) is 23.7 Å². The zero-order valence-corrected chi connectivity index (χ0v) is 7.87. The number of fused-ring (bicyclic) bond motifs is 5. The Morgan fingerprint density at radius 2 is 1.82 bits per heavy atom. The van der Waals surface area contributed by atoms with E-state index in [0.717, 1.165) is 23.7 Å². The van der Waals surface area contributed by atoms with Crippen LogP contribution in [0.2, 0.25) is 0 Å². The number of hydrogen-bond acceptors (Lipinski definition) is 0. The lowest BCUT2D eigenvalue weighted by Crippen LogP contribution is -2.19. The molecule has 11 heavy (non-hydrogen) atoms. The summed E-state index contributed by atoms with van der Waals surface area (Å²) in [6.45, 7) is 0. The van der Waals surface area contributed by atoms with Gasteiger partial charge in [-0.2, -0.15) is 0 Å². The first kappa shape index (κ1) is 6.47. The summed E-state index contributed by atoms with van der Waals surface area (Å²) in [5.41, 5.74) is 0. The summed E-state index contributed by atoms with van der Waals surface area (Å²) in [6.07, 6.45) is 11.0. The van der Waals surface area contributed by atoms with Gasteiger partial charge in [0, 0.05) is 4.83 Å². The molecule has 0 nitrogen and oxygen atoms in total. The number of halogens is 1. The second-order valence-corrected chi connectivity index (χ2v) is 4.99. The standard InChI is InChI=1S/C10H11Br/c11-9-4-3-8-6-1-2-7(5-6)10(8)9/h1-4,6-10H,5H2. The Balaban J connectivity index is 2.02. The second kappa shape index (κ2) is 2.01. The Hall–Kier alpha value is -0.0400. The molecule has 3 aliphatic rings. The lowest BCUT2D eigenvalue weighted by molar-refractivity contribution is 0.408. The van der Waals surface area contributed by atoms with Gasteiger partial charge in [-0.05, 0) is 30.1 Å². The molecular weight excluding hydrogens is 200 g/mol. The fourth-order valence-electron chi connectivity index (χ4n) is 2.98. The summed E-state index contributed by atoms with van der Waals surface area (Å²) in [4.78, 5) is 0.660. The normalized spacial score (nSPS) is 57.4. The van der Waals surface area contributed by atoms with Crippen LogP contribution < -0.4 is 0 Å². The lowest BCUT2D eigenvalue weighted by Gasteiger charge is -2.22. The second-order valence-electron chi connectivity index (χ2n) is 3.93. The Morgan fingerprint density at radius 1 is 1.00 bits per heavy atom. The third kappa shape index (κ3) is 0.703. The minimum atomic E-state index is 0.660. The third-order valence-electron chi connectivity index (χ3n) is 3.47. The van der Waals surface area contributed by atoms with E-state index in [2.05, 4.69) is 40.2 Å². The summed E-state index contributed by atoms with van der Waals surface area (Å²) in [6, 6.07) is 0. The zero-order valence-electron chi connectivity index (χ0n) is 6.28. The van der Waals surface area contributed by atoms with Gasteiger partial charge in [0.25, 0.3) is 0 Å². The van der Waals surface area contributed by atoms with Gasteiger partial charge in [-0.3, -0.25) is 0 Å². The van der Waals surface area contributed by atoms with Crippen LogP contribution in [0.15, 0.2) is 24.3 Å². The first-order valence-electron chi connectivity index (χ1n) is 4.37. The van der Waals surface area contributed by atoms with Crippen molar-refractivity contribution in [2.45, 2.75) is 11.2 Å². The Bertz CT molecular complexity index is 241. The van der Waals surface area contributed by atoms with Gasteiger partial charge in [-0.15, -0.1) is 0 Å². The topological polar surface area (TPSA) is 0 Å². The van der Waals surface area contributed by atoms with E-state index in [1.165, 1.54) is 6.42 Å². The molecule has 0 radical (unpaired) electrons. The average molecular weight is 211 g/mol. The predicted molar refractivity (Wildman–Crippen MR) is 49.6 cm³/mol. The molecule has 3 aliphatic carbocycles. The summed E-state index contributed by atoms with van der Waals surface area (Å²) >= 11 is 3.73. The highest BCUT2D eigenvalue weighted by molar-refractivity contribution is 9.09. The number of allylic oxidation sites excluding steroid dienone is 4. The summed E-state index contributed by atoms with van der Waals surface area (Å²) in [5.74, 6) is 3.52. The van der Waals surface area contributed by atoms with Gasteiger partial charge in [-0.1, -0.05) is 40.2 Å². The monoisotopic (exact) mass is 210 g/mol. The lowest BCUT2D eigenvalue weighted by atomic mass is 9.86. The first-order valence-corrected chi connectivity index (χ1v) is 5.28. The number of alkyl halides is 1. The van der Waals surface area contributed by atoms with E-state index in [-0.39, 0.29) is 0 Å². The molecule has 0 spiro atoms. The van der Waals surface area contributed by atoms with Crippen LogP contribution in [0.3, 0.4) is 0 Å². The van der Waals surface area contributed by atoms with Crippen LogP contribution in [0, 0.1) is 23.7 Å². The molecular formula is C10H11Br. The molecule has 2 bridgehead atoms. The van der Waals surface area contributed by atoms with Crippen molar-refractivity contribution in [1.82, 2.24) is 0 Å². The molecule has 0 N–H and O–H groups in total. The van der Waals surface area contributed by atoms with Crippen molar-refractivity contribution in [1.29, 1.82) is 0 Å². The molecule has 5 atom stereocenters. The van der Waals surface area contributed by atoms with Gasteiger partial charge in [0.05, 0.1) is 0 Å². The Labute approximate surface area is 75.5 Å². The van der Waals surface area contributed by atoms with Crippen LogP contribution in [0.25, 0.3) is 0 Å². The maximum absolute atomic E-state index is 3.73. The van der Waals surface area contributed by atoms with Crippen LogP contribution in [-0.4, -0.2) is 4.83 Å². The third-order valence-corrected chi connectivity index (χ3v) is 4.38. The van der Waals surface area contributed by atoms with E-state index in [4.69, 9.17) is 0 Å². The highest BCUT2D eigenvalue weighted by Gasteiger charge is 2.47. The van der Waals surface area contributed by atoms with Gasteiger partial charge in [0.1, 0.15) is 0 Å². The smallest absolute Gasteiger partial charge is 0.0365 e. The quantitative estimate of drug-likeness (QED) is 0.427. The van der Waals surface area contributed by atoms with Crippen LogP contribution in [-0.2, 0) is 0 Å². The molecule has 0 aliphatic heterocycles. The average Bonchev–Trinajstić information content (AvgIpc) is 2.60. The van der Waals surface area contributed by atoms with E-state index in [1.54, 1.807) is 0 Å². The fraction of sp³-hybridized carbons (Fsp3) is 0.600. The number of rotatable bonds is 0. The molecule has 1 fully saturated rings. The summed E-state index contributed by atoms with van der Waals surface area (Å²) in [7, 11) is 0. The molecule has 1 saturated carbocycles. The molecule has 1 heteroatoms. The van der Waals surface area contributed by atoms with Gasteiger partial charge in [0.2, 0.25) is 0 Å². The minimum Gasteiger partial charge on any atom is -0.0847 e. The van der Waals surface area contributed by atoms with Crippen molar-refractivity contribution in [3.8, 4) is 0 Å². The van der Waals surface area contributed by atoms with Gasteiger partial charge in [-0.25, -0.2) is 0 Å². The Kier molecular flexibility index (Phi) is 1.18. The highest BCUT2D eigenvalue weighted by atomic mass is 79.9. The van der Waals surface area contributed by atoms with Gasteiger partial charge in [0.15, 0.2) is 0 Å². The summed E-state index contributed by atoms with van der Waals surface area (Å²) in [5, 5.41) is 0. The van der Waals surface area contributed by atoms with Crippen molar-refractivity contribution < 1.29 is 0 Å². The fourth-order valence-corrected chi connectivity index (χ4v) is 3.90. The zero-order chi connectivity index (χ0) is 7.42. The molecule has 0 aromatic carbocycles. The van der Waals surface area contributed by atoms with Gasteiger partial charge < -0.3 is 0 Å². The molecule has 0 saturated heterocycles. The number of hydrogen-bond donors (Lipinski definition) is 0. The van der Waals surface area contributed by atoms with Crippen LogP contribution in [0.4, 0.5) is 0 Å². The van der Waals surface area contributed by atoms with Crippen molar-refractivity contribution in [2.75, 3.05) is 0 Å². The maximum Gasteiger partial charge on any atom is 0.0365 e. The summed E-state index contributed by atoms with van der Waals surface area (Å²) < 4.78 is 0. The Morgan fingerprint density at radius 3 is 2.64 bits per heavy atom. The van der Waals surface area contributed by atoms with E-state index in [1.807, 2.05) is 0 Å². The molecule has 0 amide bonds. The molecule has 0 aromatic heterocycles. The molecule has 5 unspecified atom stereocenters. The van der Waals surface area contributed by atoms with E-state index >= 15 is 0 Å². The van der Waals surface area contributed by atoms with Crippen molar-refractivity contribution in [3.05, 3.63) is 24.3 Å². The molecule has 58 valence electrons. The SMILES string of the molecule is BrC1C=CC2C3C=CC(C3)C12. The van der Waals surface area contributed by atoms with Crippen molar-refractivity contribution >= 4 is 15.9 Å². The van der Waals surface area contributed by atoms with E-state index in [9.17, 15) is 0 Å². The van der Waals surface area contributed by atoms with E-state index in [0.29, 0.717) is 4.83 Å². The van der Waals surface area contributed by atoms with Crippen molar-refractivity contribution in [3.63, 3.8) is 0 Å². The predicted octanol–water partition coefficient (Wildman–Crippen LogP) is 2.76. The molecule has 3 rings (SSSR count). The van der Waals surface area contributed by atoms with Crippen LogP contribution in [0.1, 0.15) is 6.42 Å². The maximum atomic E-state index is 3.73. The highest BCUT2D eigenvalue weighted by Crippen LogP contribution is 2.54. The van der Waals surface area contributed by atoms with Gasteiger partial charge >= 0.3 is 0 Å². The molecule has 0 heterocycles. The largest absolute Gasteiger partial charge is 0.0847 e. The van der Waals surface area contributed by atoms with Crippen LogP contribution in [0.5, 0.6) is 0 Å². The first-order chi connectivity index (χ1) is 5.36.